The van der Waals surface area contributed by atoms with Gasteiger partial charge in [0.2, 0.25) is 0 Å². The molecular formula is C15H13BrF3NO6. The van der Waals surface area contributed by atoms with Gasteiger partial charge in [-0.3, -0.25) is 0 Å². The summed E-state index contributed by atoms with van der Waals surface area (Å²) in [5.41, 5.74) is -0.219. The first-order valence-electron chi connectivity index (χ1n) is 6.98. The quantitative estimate of drug-likeness (QED) is 0.667. The molecule has 0 atom stereocenters. The van der Waals surface area contributed by atoms with Crippen molar-refractivity contribution in [1.82, 2.24) is 0 Å². The van der Waals surface area contributed by atoms with E-state index >= 15 is 0 Å². The van der Waals surface area contributed by atoms with Gasteiger partial charge in [-0.05, 0) is 28.1 Å². The van der Waals surface area contributed by atoms with Gasteiger partial charge in [-0.25, -0.2) is 9.59 Å². The molecule has 11 heteroatoms. The van der Waals surface area contributed by atoms with Gasteiger partial charge in [0, 0.05) is 10.5 Å². The van der Waals surface area contributed by atoms with E-state index < -0.39 is 24.1 Å². The van der Waals surface area contributed by atoms with Crippen molar-refractivity contribution in [2.24, 2.45) is 0 Å². The Morgan fingerprint density at radius 1 is 1.19 bits per heavy atom. The Bertz CT molecular complexity index is 749. The van der Waals surface area contributed by atoms with Crippen molar-refractivity contribution < 1.29 is 41.7 Å². The van der Waals surface area contributed by atoms with Crippen LogP contribution in [-0.2, 0) is 23.8 Å². The molecule has 142 valence electrons. The van der Waals surface area contributed by atoms with Crippen molar-refractivity contribution in [2.75, 3.05) is 32.5 Å². The van der Waals surface area contributed by atoms with E-state index in [2.05, 4.69) is 30.1 Å². The second-order valence-corrected chi connectivity index (χ2v) is 5.73. The van der Waals surface area contributed by atoms with Crippen LogP contribution in [0.3, 0.4) is 0 Å². The third kappa shape index (κ3) is 4.47. The van der Waals surface area contributed by atoms with Gasteiger partial charge < -0.3 is 23.8 Å². The molecule has 1 aromatic carbocycles. The Balaban J connectivity index is 2.56. The number of alkyl halides is 3. The minimum atomic E-state index is -4.89. The summed E-state index contributed by atoms with van der Waals surface area (Å²) in [5, 5.41) is 0. The topological polar surface area (TPSA) is 74.3 Å². The number of rotatable bonds is 4. The van der Waals surface area contributed by atoms with Gasteiger partial charge in [0.15, 0.2) is 0 Å². The van der Waals surface area contributed by atoms with Crippen LogP contribution in [0.25, 0.3) is 0 Å². The minimum Gasteiger partial charge on any atom is -0.466 e. The molecule has 0 radical (unpaired) electrons. The molecule has 1 aromatic rings. The Kier molecular flexibility index (Phi) is 6.13. The van der Waals surface area contributed by atoms with Crippen LogP contribution < -0.4 is 9.64 Å². The molecule has 0 saturated carbocycles. The number of anilines is 1. The molecule has 2 rings (SSSR count). The molecule has 0 spiro atoms. The summed E-state index contributed by atoms with van der Waals surface area (Å²) in [4.78, 5) is 25.3. The standard InChI is InChI=1S/C15H13BrF3NO6/c1-23-13(21)9-6-25-7-20(12(9)14(22)24-2)11-5-8(3-4-10(11)16)26-15(17,18)19/h3-5H,6-7H2,1-2H3. The van der Waals surface area contributed by atoms with Crippen molar-refractivity contribution in [1.29, 1.82) is 0 Å². The second-order valence-electron chi connectivity index (χ2n) is 4.88. The van der Waals surface area contributed by atoms with Crippen LogP contribution in [0.4, 0.5) is 18.9 Å². The number of hydrogen-bond donors (Lipinski definition) is 0. The molecular weight excluding hydrogens is 427 g/mol. The predicted molar refractivity (Wildman–Crippen MR) is 85.2 cm³/mol. The van der Waals surface area contributed by atoms with Gasteiger partial charge in [-0.15, -0.1) is 13.2 Å². The first kappa shape index (κ1) is 20.0. The van der Waals surface area contributed by atoms with Gasteiger partial charge in [0.1, 0.15) is 18.2 Å². The van der Waals surface area contributed by atoms with Crippen molar-refractivity contribution in [3.05, 3.63) is 33.9 Å². The second kappa shape index (κ2) is 7.96. The average molecular weight is 440 g/mol. The summed E-state index contributed by atoms with van der Waals surface area (Å²) in [5.74, 6) is -2.21. The van der Waals surface area contributed by atoms with Crippen LogP contribution in [0.5, 0.6) is 5.75 Å². The number of benzene rings is 1. The SMILES string of the molecule is COC(=O)C1=C(C(=O)OC)N(c2cc(OC(F)(F)F)ccc2Br)COC1. The Labute approximate surface area is 154 Å². The third-order valence-corrected chi connectivity index (χ3v) is 3.95. The Hall–Kier alpha value is -2.27. The van der Waals surface area contributed by atoms with Crippen molar-refractivity contribution in [3.63, 3.8) is 0 Å². The molecule has 0 aromatic heterocycles. The van der Waals surface area contributed by atoms with Crippen LogP contribution in [0.15, 0.2) is 33.9 Å². The number of nitrogens with zero attached hydrogens (tertiary/aromatic N) is 1. The molecule has 1 aliphatic rings. The fraction of sp³-hybridized carbons (Fsp3) is 0.333. The fourth-order valence-corrected chi connectivity index (χ4v) is 2.69. The van der Waals surface area contributed by atoms with E-state index in [0.29, 0.717) is 4.47 Å². The largest absolute Gasteiger partial charge is 0.573 e. The highest BCUT2D eigenvalue weighted by Gasteiger charge is 2.35. The number of carbonyl (C=O) groups is 2. The Morgan fingerprint density at radius 2 is 1.85 bits per heavy atom. The van der Waals surface area contributed by atoms with Gasteiger partial charge in [-0.1, -0.05) is 0 Å². The van der Waals surface area contributed by atoms with Crippen molar-refractivity contribution in [2.45, 2.75) is 6.36 Å². The van der Waals surface area contributed by atoms with Crippen LogP contribution in [0.1, 0.15) is 0 Å². The number of methoxy groups -OCH3 is 2. The molecule has 0 bridgehead atoms. The van der Waals surface area contributed by atoms with Crippen LogP contribution in [0.2, 0.25) is 0 Å². The van der Waals surface area contributed by atoms with Crippen molar-refractivity contribution >= 4 is 33.6 Å². The van der Waals surface area contributed by atoms with Gasteiger partial charge in [0.25, 0.3) is 0 Å². The lowest BCUT2D eigenvalue weighted by Crippen LogP contribution is -2.39. The van der Waals surface area contributed by atoms with Gasteiger partial charge >= 0.3 is 18.3 Å². The van der Waals surface area contributed by atoms with E-state index in [-0.39, 0.29) is 30.3 Å². The van der Waals surface area contributed by atoms with E-state index in [9.17, 15) is 22.8 Å². The zero-order chi connectivity index (χ0) is 19.5. The maximum absolute atomic E-state index is 12.5. The van der Waals surface area contributed by atoms with Gasteiger partial charge in [0.05, 0.1) is 32.1 Å². The molecule has 26 heavy (non-hydrogen) atoms. The van der Waals surface area contributed by atoms with Crippen LogP contribution in [-0.4, -0.2) is 45.9 Å². The van der Waals surface area contributed by atoms with E-state index in [4.69, 9.17) is 4.74 Å². The van der Waals surface area contributed by atoms with Gasteiger partial charge in [-0.2, -0.15) is 0 Å². The zero-order valence-electron chi connectivity index (χ0n) is 13.6. The van der Waals surface area contributed by atoms with Crippen LogP contribution >= 0.6 is 15.9 Å². The summed E-state index contributed by atoms with van der Waals surface area (Å²) >= 11 is 3.19. The molecule has 0 aliphatic carbocycles. The summed E-state index contributed by atoms with van der Waals surface area (Å²) in [6.07, 6.45) is -4.89. The smallest absolute Gasteiger partial charge is 0.466 e. The molecule has 0 N–H and O–H groups in total. The summed E-state index contributed by atoms with van der Waals surface area (Å²) < 4.78 is 56.2. The lowest BCUT2D eigenvalue weighted by Gasteiger charge is -2.32. The first-order valence-corrected chi connectivity index (χ1v) is 7.77. The molecule has 0 saturated heterocycles. The molecule has 1 aliphatic heterocycles. The van der Waals surface area contributed by atoms with Crippen molar-refractivity contribution in [3.8, 4) is 5.75 Å². The normalized spacial score (nSPS) is 14.9. The molecule has 1 heterocycles. The fourth-order valence-electron chi connectivity index (χ4n) is 2.23. The number of carbonyl (C=O) groups excluding carboxylic acids is 2. The van der Waals surface area contributed by atoms with Crippen LogP contribution in [0, 0.1) is 0 Å². The Morgan fingerprint density at radius 3 is 2.42 bits per heavy atom. The lowest BCUT2D eigenvalue weighted by atomic mass is 10.1. The molecule has 0 amide bonds. The number of esters is 2. The summed E-state index contributed by atoms with van der Waals surface area (Å²) in [6.45, 7) is -0.428. The molecule has 7 nitrogen and oxygen atoms in total. The first-order chi connectivity index (χ1) is 12.2. The highest BCUT2D eigenvalue weighted by atomic mass is 79.9. The maximum atomic E-state index is 12.5. The van der Waals surface area contributed by atoms with E-state index in [0.717, 1.165) is 26.4 Å². The number of hydrogen-bond acceptors (Lipinski definition) is 7. The van der Waals surface area contributed by atoms with E-state index in [1.54, 1.807) is 0 Å². The monoisotopic (exact) mass is 439 g/mol. The predicted octanol–water partition coefficient (Wildman–Crippen LogP) is 2.74. The number of ether oxygens (including phenoxy) is 4. The summed E-state index contributed by atoms with van der Waals surface area (Å²) in [6, 6.07) is 3.44. The lowest BCUT2D eigenvalue weighted by molar-refractivity contribution is -0.274. The average Bonchev–Trinajstić information content (AvgIpc) is 2.60. The zero-order valence-corrected chi connectivity index (χ0v) is 15.1. The number of halogens is 4. The summed E-state index contributed by atoms with van der Waals surface area (Å²) in [7, 11) is 2.23. The molecule has 0 unspecified atom stereocenters. The van der Waals surface area contributed by atoms with E-state index in [1.807, 2.05) is 0 Å². The maximum Gasteiger partial charge on any atom is 0.573 e. The molecule has 0 fully saturated rings. The highest BCUT2D eigenvalue weighted by molar-refractivity contribution is 9.10. The third-order valence-electron chi connectivity index (χ3n) is 3.28. The minimum absolute atomic E-state index is 0.105. The highest BCUT2D eigenvalue weighted by Crippen LogP contribution is 2.36. The van der Waals surface area contributed by atoms with E-state index in [1.165, 1.54) is 11.0 Å².